The van der Waals surface area contributed by atoms with E-state index in [1.807, 2.05) is 6.92 Å². The van der Waals surface area contributed by atoms with Crippen molar-refractivity contribution in [2.24, 2.45) is 5.92 Å². The molecule has 1 aromatic carbocycles. The van der Waals surface area contributed by atoms with E-state index in [4.69, 9.17) is 21.1 Å². The Morgan fingerprint density at radius 1 is 1.36 bits per heavy atom. The molecule has 0 spiro atoms. The Morgan fingerprint density at radius 3 is 2.86 bits per heavy atom. The number of aryl methyl sites for hydroxylation is 1. The molecule has 0 saturated heterocycles. The van der Waals surface area contributed by atoms with Crippen LogP contribution in [0.4, 0.5) is 5.00 Å². The van der Waals surface area contributed by atoms with Gasteiger partial charge in [0.2, 0.25) is 0 Å². The van der Waals surface area contributed by atoms with Crippen molar-refractivity contribution < 1.29 is 19.1 Å². The molecule has 0 unspecified atom stereocenters. The van der Waals surface area contributed by atoms with E-state index in [-0.39, 0.29) is 18.5 Å². The van der Waals surface area contributed by atoms with E-state index in [0.717, 1.165) is 35.3 Å². The maximum absolute atomic E-state index is 12.5. The fraction of sp³-hybridized carbons (Fsp3) is 0.429. The first-order chi connectivity index (χ1) is 13.4. The maximum atomic E-state index is 12.5. The van der Waals surface area contributed by atoms with Gasteiger partial charge < -0.3 is 14.8 Å². The zero-order chi connectivity index (χ0) is 20.3. The second-order valence-electron chi connectivity index (χ2n) is 7.02. The van der Waals surface area contributed by atoms with Crippen LogP contribution < -0.4 is 10.1 Å². The summed E-state index contributed by atoms with van der Waals surface area (Å²) in [5.41, 5.74) is 2.40. The molecule has 7 heteroatoms. The fourth-order valence-electron chi connectivity index (χ4n) is 3.28. The molecular weight excluding hydrogens is 398 g/mol. The Kier molecular flexibility index (Phi) is 6.62. The second kappa shape index (κ2) is 8.97. The van der Waals surface area contributed by atoms with E-state index in [0.29, 0.717) is 33.9 Å². The lowest BCUT2D eigenvalue weighted by atomic mass is 9.88. The third-order valence-electron chi connectivity index (χ3n) is 4.74. The molecule has 1 aliphatic rings. The number of hydrogen-bond acceptors (Lipinski definition) is 5. The normalized spacial score (nSPS) is 15.6. The van der Waals surface area contributed by atoms with Crippen LogP contribution in [0.5, 0.6) is 5.75 Å². The molecule has 28 heavy (non-hydrogen) atoms. The molecular formula is C21H24ClNO4S. The smallest absolute Gasteiger partial charge is 0.341 e. The molecule has 2 aromatic rings. The molecule has 5 nitrogen and oxygen atoms in total. The minimum Gasteiger partial charge on any atom is -0.484 e. The van der Waals surface area contributed by atoms with Gasteiger partial charge in [0.25, 0.3) is 5.91 Å². The Balaban J connectivity index is 1.74. The summed E-state index contributed by atoms with van der Waals surface area (Å²) in [5, 5.41) is 4.05. The van der Waals surface area contributed by atoms with E-state index in [9.17, 15) is 9.59 Å². The number of nitrogens with one attached hydrogen (secondary N) is 1. The average molecular weight is 422 g/mol. The van der Waals surface area contributed by atoms with Crippen molar-refractivity contribution in [2.45, 2.75) is 40.0 Å². The molecule has 3 rings (SSSR count). The number of halogens is 1. The Morgan fingerprint density at radius 2 is 2.14 bits per heavy atom. The zero-order valence-electron chi connectivity index (χ0n) is 16.3. The zero-order valence-corrected chi connectivity index (χ0v) is 17.8. The lowest BCUT2D eigenvalue weighted by Crippen LogP contribution is -2.21. The number of amides is 1. The minimum absolute atomic E-state index is 0.150. The predicted octanol–water partition coefficient (Wildman–Crippen LogP) is 5.03. The third kappa shape index (κ3) is 4.67. The number of carbonyl (C=O) groups excluding carboxylic acids is 2. The number of benzene rings is 1. The van der Waals surface area contributed by atoms with Crippen molar-refractivity contribution in [1.82, 2.24) is 0 Å². The first kappa shape index (κ1) is 20.7. The van der Waals surface area contributed by atoms with Gasteiger partial charge in [-0.3, -0.25) is 4.79 Å². The van der Waals surface area contributed by atoms with Gasteiger partial charge in [0.1, 0.15) is 10.8 Å². The van der Waals surface area contributed by atoms with Crippen molar-refractivity contribution in [1.29, 1.82) is 0 Å². The average Bonchev–Trinajstić information content (AvgIpc) is 2.99. The SMILES string of the molecule is CCOC(=O)c1c(NC(=O)COc2ccc(Cl)c(C)c2)sc2c1CC[C@@H](C)C2. The Labute approximate surface area is 174 Å². The Bertz CT molecular complexity index is 893. The van der Waals surface area contributed by atoms with Gasteiger partial charge in [-0.15, -0.1) is 11.3 Å². The summed E-state index contributed by atoms with van der Waals surface area (Å²) in [6.45, 7) is 6.00. The van der Waals surface area contributed by atoms with E-state index >= 15 is 0 Å². The highest BCUT2D eigenvalue weighted by Crippen LogP contribution is 2.40. The molecule has 1 aromatic heterocycles. The van der Waals surface area contributed by atoms with Crippen molar-refractivity contribution >= 4 is 39.8 Å². The first-order valence-corrected chi connectivity index (χ1v) is 10.6. The number of hydrogen-bond donors (Lipinski definition) is 1. The molecule has 0 radical (unpaired) electrons. The highest BCUT2D eigenvalue weighted by Gasteiger charge is 2.29. The molecule has 0 saturated carbocycles. The Hall–Kier alpha value is -2.05. The van der Waals surface area contributed by atoms with Gasteiger partial charge in [-0.1, -0.05) is 18.5 Å². The van der Waals surface area contributed by atoms with Crippen molar-refractivity contribution in [3.8, 4) is 5.75 Å². The fourth-order valence-corrected chi connectivity index (χ4v) is 4.81. The minimum atomic E-state index is -0.376. The van der Waals surface area contributed by atoms with E-state index in [1.54, 1.807) is 25.1 Å². The van der Waals surface area contributed by atoms with Gasteiger partial charge in [-0.25, -0.2) is 4.79 Å². The molecule has 0 aliphatic heterocycles. The maximum Gasteiger partial charge on any atom is 0.341 e. The summed E-state index contributed by atoms with van der Waals surface area (Å²) in [4.78, 5) is 26.1. The van der Waals surface area contributed by atoms with Gasteiger partial charge in [-0.2, -0.15) is 0 Å². The summed E-state index contributed by atoms with van der Waals surface area (Å²) in [6.07, 6.45) is 2.78. The molecule has 1 N–H and O–H groups in total. The lowest BCUT2D eigenvalue weighted by molar-refractivity contribution is -0.118. The highest BCUT2D eigenvalue weighted by atomic mass is 35.5. The van der Waals surface area contributed by atoms with Gasteiger partial charge in [-0.05, 0) is 68.4 Å². The topological polar surface area (TPSA) is 64.6 Å². The van der Waals surface area contributed by atoms with E-state index in [2.05, 4.69) is 12.2 Å². The van der Waals surface area contributed by atoms with Crippen LogP contribution in [-0.4, -0.2) is 25.1 Å². The van der Waals surface area contributed by atoms with Crippen LogP contribution in [0, 0.1) is 12.8 Å². The summed E-state index contributed by atoms with van der Waals surface area (Å²) in [6, 6.07) is 5.24. The summed E-state index contributed by atoms with van der Waals surface area (Å²) in [7, 11) is 0. The quantitative estimate of drug-likeness (QED) is 0.664. The standard InChI is InChI=1S/C21H24ClNO4S/c1-4-26-21(25)19-15-7-5-12(2)9-17(15)28-20(19)23-18(24)11-27-14-6-8-16(22)13(3)10-14/h6,8,10,12H,4-5,7,9,11H2,1-3H3,(H,23,24)/t12-/m1/s1. The summed E-state index contributed by atoms with van der Waals surface area (Å²) in [5.74, 6) is 0.451. The molecule has 1 amide bonds. The predicted molar refractivity (Wildman–Crippen MR) is 112 cm³/mol. The lowest BCUT2D eigenvalue weighted by Gasteiger charge is -2.18. The number of ether oxygens (including phenoxy) is 2. The number of rotatable bonds is 6. The van der Waals surface area contributed by atoms with E-state index in [1.165, 1.54) is 11.3 Å². The van der Waals surface area contributed by atoms with Crippen molar-refractivity contribution in [2.75, 3.05) is 18.5 Å². The molecule has 1 atom stereocenters. The van der Waals surface area contributed by atoms with Gasteiger partial charge in [0.05, 0.1) is 12.2 Å². The van der Waals surface area contributed by atoms with E-state index < -0.39 is 0 Å². The molecule has 150 valence electrons. The molecule has 1 aliphatic carbocycles. The molecule has 1 heterocycles. The first-order valence-electron chi connectivity index (χ1n) is 9.39. The number of thiophene rings is 1. The summed E-state index contributed by atoms with van der Waals surface area (Å²) >= 11 is 7.47. The van der Waals surface area contributed by atoms with Crippen LogP contribution in [-0.2, 0) is 22.4 Å². The molecule has 0 fully saturated rings. The number of carbonyl (C=O) groups is 2. The van der Waals surface area contributed by atoms with Crippen molar-refractivity contribution in [3.63, 3.8) is 0 Å². The second-order valence-corrected chi connectivity index (χ2v) is 8.54. The van der Waals surface area contributed by atoms with Gasteiger partial charge in [0.15, 0.2) is 6.61 Å². The number of fused-ring (bicyclic) bond motifs is 1. The van der Waals surface area contributed by atoms with Crippen LogP contribution in [0.3, 0.4) is 0 Å². The van der Waals surface area contributed by atoms with Crippen LogP contribution in [0.25, 0.3) is 0 Å². The highest BCUT2D eigenvalue weighted by molar-refractivity contribution is 7.17. The summed E-state index contributed by atoms with van der Waals surface area (Å²) < 4.78 is 10.8. The number of anilines is 1. The monoisotopic (exact) mass is 421 g/mol. The van der Waals surface area contributed by atoms with Crippen LogP contribution >= 0.6 is 22.9 Å². The third-order valence-corrected chi connectivity index (χ3v) is 6.34. The van der Waals surface area contributed by atoms with Crippen molar-refractivity contribution in [3.05, 3.63) is 44.8 Å². The van der Waals surface area contributed by atoms with Gasteiger partial charge >= 0.3 is 5.97 Å². The van der Waals surface area contributed by atoms with Gasteiger partial charge in [0, 0.05) is 9.90 Å². The van der Waals surface area contributed by atoms with Crippen LogP contribution in [0.2, 0.25) is 5.02 Å². The van der Waals surface area contributed by atoms with Crippen LogP contribution in [0.15, 0.2) is 18.2 Å². The number of esters is 1. The van der Waals surface area contributed by atoms with Crippen LogP contribution in [0.1, 0.15) is 46.6 Å². The molecule has 0 bridgehead atoms. The largest absolute Gasteiger partial charge is 0.484 e.